The number of carbonyl (C=O) groups is 2. The fourth-order valence-corrected chi connectivity index (χ4v) is 2.06. The van der Waals surface area contributed by atoms with Crippen molar-refractivity contribution in [3.05, 3.63) is 58.1 Å². The summed E-state index contributed by atoms with van der Waals surface area (Å²) in [5.41, 5.74) is 6.62. The Morgan fingerprint density at radius 3 is 2.27 bits per heavy atom. The Morgan fingerprint density at radius 2 is 1.68 bits per heavy atom. The zero-order valence-corrected chi connectivity index (χ0v) is 12.9. The first-order valence-corrected chi connectivity index (χ1v) is 7.11. The van der Waals surface area contributed by atoms with Crippen LogP contribution in [0, 0.1) is 0 Å². The van der Waals surface area contributed by atoms with Crippen molar-refractivity contribution >= 4 is 46.4 Å². The Kier molecular flexibility index (Phi) is 5.38. The van der Waals surface area contributed by atoms with Crippen molar-refractivity contribution in [2.45, 2.75) is 0 Å². The molecule has 0 aromatic heterocycles. The SMILES string of the molecule is NCC(=O)Nc1ccc(NC(=O)c2ccc(Cl)cc2)c(Cl)c1. The van der Waals surface area contributed by atoms with Crippen LogP contribution in [-0.2, 0) is 4.79 Å². The van der Waals surface area contributed by atoms with Gasteiger partial charge < -0.3 is 16.4 Å². The molecule has 2 aromatic rings. The van der Waals surface area contributed by atoms with Gasteiger partial charge in [-0.1, -0.05) is 23.2 Å². The molecule has 0 aliphatic carbocycles. The summed E-state index contributed by atoms with van der Waals surface area (Å²) in [6.45, 7) is -0.118. The molecule has 7 heteroatoms. The van der Waals surface area contributed by atoms with Crippen molar-refractivity contribution in [1.82, 2.24) is 0 Å². The maximum Gasteiger partial charge on any atom is 0.255 e. The number of carbonyl (C=O) groups excluding carboxylic acids is 2. The first-order valence-electron chi connectivity index (χ1n) is 6.36. The van der Waals surface area contributed by atoms with Gasteiger partial charge in [-0.05, 0) is 42.5 Å². The van der Waals surface area contributed by atoms with Gasteiger partial charge in [0.2, 0.25) is 5.91 Å². The van der Waals surface area contributed by atoms with Gasteiger partial charge >= 0.3 is 0 Å². The van der Waals surface area contributed by atoms with Gasteiger partial charge in [0, 0.05) is 16.3 Å². The van der Waals surface area contributed by atoms with E-state index in [2.05, 4.69) is 10.6 Å². The number of anilines is 2. The Morgan fingerprint density at radius 1 is 1.00 bits per heavy atom. The second kappa shape index (κ2) is 7.26. The summed E-state index contributed by atoms with van der Waals surface area (Å²) in [6.07, 6.45) is 0. The summed E-state index contributed by atoms with van der Waals surface area (Å²) >= 11 is 11.9. The molecule has 22 heavy (non-hydrogen) atoms. The molecule has 0 bridgehead atoms. The van der Waals surface area contributed by atoms with E-state index in [1.807, 2.05) is 0 Å². The fraction of sp³-hybridized carbons (Fsp3) is 0.0667. The highest BCUT2D eigenvalue weighted by Gasteiger charge is 2.09. The lowest BCUT2D eigenvalue weighted by Crippen LogP contribution is -2.21. The molecule has 0 spiro atoms. The summed E-state index contributed by atoms with van der Waals surface area (Å²) in [7, 11) is 0. The van der Waals surface area contributed by atoms with Crippen molar-refractivity contribution in [3.8, 4) is 0 Å². The lowest BCUT2D eigenvalue weighted by atomic mass is 10.2. The molecule has 2 amide bonds. The molecule has 4 N–H and O–H groups in total. The smallest absolute Gasteiger partial charge is 0.255 e. The van der Waals surface area contributed by atoms with Crippen LogP contribution in [0.5, 0.6) is 0 Å². The summed E-state index contributed by atoms with van der Waals surface area (Å²) in [4.78, 5) is 23.3. The van der Waals surface area contributed by atoms with Gasteiger partial charge in [-0.15, -0.1) is 0 Å². The van der Waals surface area contributed by atoms with E-state index in [1.165, 1.54) is 6.07 Å². The largest absolute Gasteiger partial charge is 0.325 e. The number of nitrogens with one attached hydrogen (secondary N) is 2. The highest BCUT2D eigenvalue weighted by molar-refractivity contribution is 6.34. The topological polar surface area (TPSA) is 84.2 Å². The maximum atomic E-state index is 12.1. The van der Waals surface area contributed by atoms with Crippen molar-refractivity contribution in [3.63, 3.8) is 0 Å². The monoisotopic (exact) mass is 337 g/mol. The number of hydrogen-bond donors (Lipinski definition) is 3. The zero-order valence-electron chi connectivity index (χ0n) is 11.4. The van der Waals surface area contributed by atoms with Crippen LogP contribution in [0.3, 0.4) is 0 Å². The number of benzene rings is 2. The van der Waals surface area contributed by atoms with Gasteiger partial charge in [-0.2, -0.15) is 0 Å². The maximum absolute atomic E-state index is 12.1. The van der Waals surface area contributed by atoms with Gasteiger partial charge in [0.15, 0.2) is 0 Å². The molecule has 0 fully saturated rings. The summed E-state index contributed by atoms with van der Waals surface area (Å²) < 4.78 is 0. The Labute approximate surface area is 137 Å². The molecular weight excluding hydrogens is 325 g/mol. The van der Waals surface area contributed by atoms with Crippen LogP contribution in [0.2, 0.25) is 10.0 Å². The van der Waals surface area contributed by atoms with Crippen molar-refractivity contribution in [2.24, 2.45) is 5.73 Å². The Bertz CT molecular complexity index is 702. The number of nitrogens with two attached hydrogens (primary N) is 1. The number of hydrogen-bond acceptors (Lipinski definition) is 3. The standard InChI is InChI=1S/C15H13Cl2N3O2/c16-10-3-1-9(2-4-10)15(22)20-13-6-5-11(7-12(13)17)19-14(21)8-18/h1-7H,8,18H2,(H,19,21)(H,20,22). The highest BCUT2D eigenvalue weighted by atomic mass is 35.5. The van der Waals surface area contributed by atoms with E-state index in [0.717, 1.165) is 0 Å². The van der Waals surface area contributed by atoms with E-state index in [1.54, 1.807) is 36.4 Å². The van der Waals surface area contributed by atoms with E-state index in [4.69, 9.17) is 28.9 Å². The van der Waals surface area contributed by atoms with Gasteiger partial charge in [-0.3, -0.25) is 9.59 Å². The molecule has 0 aliphatic rings. The van der Waals surface area contributed by atoms with Crippen molar-refractivity contribution in [1.29, 1.82) is 0 Å². The number of amides is 2. The van der Waals surface area contributed by atoms with E-state index >= 15 is 0 Å². The Balaban J connectivity index is 2.11. The normalized spacial score (nSPS) is 10.1. The minimum absolute atomic E-state index is 0.118. The lowest BCUT2D eigenvalue weighted by Gasteiger charge is -2.10. The second-order valence-corrected chi connectivity index (χ2v) is 5.25. The van der Waals surface area contributed by atoms with E-state index in [-0.39, 0.29) is 18.4 Å². The minimum atomic E-state index is -0.325. The third-order valence-corrected chi connectivity index (χ3v) is 3.36. The van der Waals surface area contributed by atoms with E-state index in [9.17, 15) is 9.59 Å². The van der Waals surface area contributed by atoms with Gasteiger partial charge in [0.1, 0.15) is 0 Å². The first kappa shape index (κ1) is 16.3. The van der Waals surface area contributed by atoms with Crippen LogP contribution in [0.15, 0.2) is 42.5 Å². The van der Waals surface area contributed by atoms with Gasteiger partial charge in [0.25, 0.3) is 5.91 Å². The summed E-state index contributed by atoms with van der Waals surface area (Å²) in [6, 6.07) is 11.2. The predicted molar refractivity (Wildman–Crippen MR) is 88.5 cm³/mol. The lowest BCUT2D eigenvalue weighted by molar-refractivity contribution is -0.114. The molecule has 0 saturated heterocycles. The number of rotatable bonds is 4. The molecule has 0 heterocycles. The molecule has 0 radical (unpaired) electrons. The molecule has 0 unspecified atom stereocenters. The molecule has 114 valence electrons. The van der Waals surface area contributed by atoms with E-state index in [0.29, 0.717) is 27.0 Å². The molecule has 0 aliphatic heterocycles. The van der Waals surface area contributed by atoms with Crippen LogP contribution >= 0.6 is 23.2 Å². The molecule has 2 aromatic carbocycles. The fourth-order valence-electron chi connectivity index (χ4n) is 1.70. The average Bonchev–Trinajstić information content (AvgIpc) is 2.50. The quantitative estimate of drug-likeness (QED) is 0.801. The summed E-state index contributed by atoms with van der Waals surface area (Å²) in [5, 5.41) is 6.12. The highest BCUT2D eigenvalue weighted by Crippen LogP contribution is 2.26. The zero-order chi connectivity index (χ0) is 16.1. The van der Waals surface area contributed by atoms with Crippen LogP contribution in [0.25, 0.3) is 0 Å². The van der Waals surface area contributed by atoms with Crippen LogP contribution in [0.1, 0.15) is 10.4 Å². The Hall–Kier alpha value is -2.08. The second-order valence-electron chi connectivity index (χ2n) is 4.41. The molecule has 0 saturated carbocycles. The van der Waals surface area contributed by atoms with Gasteiger partial charge in [-0.25, -0.2) is 0 Å². The summed E-state index contributed by atoms with van der Waals surface area (Å²) in [5.74, 6) is -0.633. The van der Waals surface area contributed by atoms with Crippen molar-refractivity contribution in [2.75, 3.05) is 17.2 Å². The van der Waals surface area contributed by atoms with Crippen LogP contribution in [-0.4, -0.2) is 18.4 Å². The van der Waals surface area contributed by atoms with Crippen molar-refractivity contribution < 1.29 is 9.59 Å². The third-order valence-electron chi connectivity index (χ3n) is 2.79. The molecule has 5 nitrogen and oxygen atoms in total. The molecular formula is C15H13Cl2N3O2. The number of halogens is 2. The third kappa shape index (κ3) is 4.21. The average molecular weight is 338 g/mol. The molecule has 2 rings (SSSR count). The minimum Gasteiger partial charge on any atom is -0.325 e. The van der Waals surface area contributed by atoms with Gasteiger partial charge in [0.05, 0.1) is 17.3 Å². The van der Waals surface area contributed by atoms with Crippen LogP contribution < -0.4 is 16.4 Å². The first-order chi connectivity index (χ1) is 10.5. The van der Waals surface area contributed by atoms with E-state index < -0.39 is 0 Å². The predicted octanol–water partition coefficient (Wildman–Crippen LogP) is 3.14. The van der Waals surface area contributed by atoms with Crippen LogP contribution in [0.4, 0.5) is 11.4 Å². The molecule has 0 atom stereocenters.